The third kappa shape index (κ3) is 1.73. The van der Waals surface area contributed by atoms with Gasteiger partial charge in [0.25, 0.3) is 0 Å². The van der Waals surface area contributed by atoms with Gasteiger partial charge in [0.2, 0.25) is 0 Å². The normalized spacial score (nSPS) is 21.4. The van der Waals surface area contributed by atoms with Crippen LogP contribution in [0.3, 0.4) is 0 Å². The molecule has 16 heavy (non-hydrogen) atoms. The second kappa shape index (κ2) is 4.13. The molecule has 0 aromatic carbocycles. The molecule has 84 valence electrons. The van der Waals surface area contributed by atoms with Crippen molar-refractivity contribution in [3.05, 3.63) is 35.9 Å². The summed E-state index contributed by atoms with van der Waals surface area (Å²) < 4.78 is 2.27. The molecule has 0 amide bonds. The van der Waals surface area contributed by atoms with E-state index in [2.05, 4.69) is 46.4 Å². The van der Waals surface area contributed by atoms with Crippen LogP contribution in [0.2, 0.25) is 0 Å². The minimum atomic E-state index is 0.642. The molecule has 3 heteroatoms. The number of fused-ring (bicyclic) bond motifs is 1. The summed E-state index contributed by atoms with van der Waals surface area (Å²) in [5, 5.41) is 0. The van der Waals surface area contributed by atoms with Crippen molar-refractivity contribution in [3.8, 4) is 0 Å². The zero-order chi connectivity index (χ0) is 11.0. The van der Waals surface area contributed by atoms with Crippen LogP contribution in [0.1, 0.15) is 30.1 Å². The second-order valence-electron chi connectivity index (χ2n) is 4.53. The van der Waals surface area contributed by atoms with E-state index >= 15 is 0 Å². The van der Waals surface area contributed by atoms with Crippen molar-refractivity contribution in [1.82, 2.24) is 9.38 Å². The molecule has 1 atom stereocenters. The third-order valence-corrected chi connectivity index (χ3v) is 4.44. The standard InChI is InChI=1S/C13H16N2S/c1-10-4-5-12-7-14-13(15(12)8-10)11-3-2-6-16-9-11/h4-5,7-8,11H,2-3,6,9H2,1H3. The number of imidazole rings is 1. The van der Waals surface area contributed by atoms with Gasteiger partial charge in [-0.15, -0.1) is 0 Å². The average molecular weight is 232 g/mol. The lowest BCUT2D eigenvalue weighted by Crippen LogP contribution is -2.12. The van der Waals surface area contributed by atoms with E-state index in [9.17, 15) is 0 Å². The van der Waals surface area contributed by atoms with E-state index in [1.807, 2.05) is 6.20 Å². The number of hydrogen-bond acceptors (Lipinski definition) is 2. The van der Waals surface area contributed by atoms with Crippen molar-refractivity contribution in [2.24, 2.45) is 0 Å². The maximum atomic E-state index is 4.61. The molecule has 2 nitrogen and oxygen atoms in total. The molecule has 0 spiro atoms. The van der Waals surface area contributed by atoms with Crippen LogP contribution in [0.4, 0.5) is 0 Å². The van der Waals surface area contributed by atoms with Crippen LogP contribution in [0.15, 0.2) is 24.5 Å². The molecule has 0 N–H and O–H groups in total. The first kappa shape index (κ1) is 10.2. The maximum Gasteiger partial charge on any atom is 0.117 e. The van der Waals surface area contributed by atoms with Gasteiger partial charge in [-0.05, 0) is 37.1 Å². The SMILES string of the molecule is Cc1ccc2cnc(C3CCCSC3)n2c1. The number of rotatable bonds is 1. The molecule has 3 heterocycles. The van der Waals surface area contributed by atoms with Crippen LogP contribution in [-0.2, 0) is 0 Å². The van der Waals surface area contributed by atoms with E-state index in [0.29, 0.717) is 5.92 Å². The van der Waals surface area contributed by atoms with Gasteiger partial charge in [0.15, 0.2) is 0 Å². The summed E-state index contributed by atoms with van der Waals surface area (Å²) in [4.78, 5) is 4.61. The predicted molar refractivity (Wildman–Crippen MR) is 69.2 cm³/mol. The minimum absolute atomic E-state index is 0.642. The van der Waals surface area contributed by atoms with Crippen LogP contribution in [0.25, 0.3) is 5.52 Å². The monoisotopic (exact) mass is 232 g/mol. The minimum Gasteiger partial charge on any atom is -0.303 e. The number of hydrogen-bond donors (Lipinski definition) is 0. The van der Waals surface area contributed by atoms with Gasteiger partial charge >= 0.3 is 0 Å². The van der Waals surface area contributed by atoms with E-state index in [4.69, 9.17) is 0 Å². The third-order valence-electron chi connectivity index (χ3n) is 3.23. The fourth-order valence-electron chi connectivity index (χ4n) is 2.36. The van der Waals surface area contributed by atoms with E-state index in [-0.39, 0.29) is 0 Å². The molecular weight excluding hydrogens is 216 g/mol. The zero-order valence-corrected chi connectivity index (χ0v) is 10.3. The maximum absolute atomic E-state index is 4.61. The first-order valence-corrected chi connectivity index (χ1v) is 7.01. The molecule has 1 fully saturated rings. The fraction of sp³-hybridized carbons (Fsp3) is 0.462. The lowest BCUT2D eigenvalue weighted by atomic mass is 10.0. The van der Waals surface area contributed by atoms with Crippen molar-refractivity contribution < 1.29 is 0 Å². The van der Waals surface area contributed by atoms with Crippen LogP contribution in [0, 0.1) is 6.92 Å². The molecule has 1 aliphatic rings. The van der Waals surface area contributed by atoms with Gasteiger partial charge in [-0.1, -0.05) is 6.07 Å². The first-order chi connectivity index (χ1) is 7.84. The Labute approximate surface area is 100 Å². The van der Waals surface area contributed by atoms with Gasteiger partial charge in [0.1, 0.15) is 5.82 Å². The quantitative estimate of drug-likeness (QED) is 0.751. The number of thioether (sulfide) groups is 1. The lowest BCUT2D eigenvalue weighted by molar-refractivity contribution is 0.621. The first-order valence-electron chi connectivity index (χ1n) is 5.86. The van der Waals surface area contributed by atoms with Crippen LogP contribution in [0.5, 0.6) is 0 Å². The largest absolute Gasteiger partial charge is 0.303 e. The van der Waals surface area contributed by atoms with Gasteiger partial charge in [-0.2, -0.15) is 11.8 Å². The summed E-state index contributed by atoms with van der Waals surface area (Å²) in [6.45, 7) is 2.14. The van der Waals surface area contributed by atoms with Gasteiger partial charge < -0.3 is 4.40 Å². The molecule has 0 radical (unpaired) electrons. The Bertz CT molecular complexity index is 498. The highest BCUT2D eigenvalue weighted by molar-refractivity contribution is 7.99. The Morgan fingerprint density at radius 3 is 3.19 bits per heavy atom. The topological polar surface area (TPSA) is 17.3 Å². The van der Waals surface area contributed by atoms with E-state index in [1.54, 1.807) is 0 Å². The van der Waals surface area contributed by atoms with E-state index in [1.165, 1.54) is 41.3 Å². The van der Waals surface area contributed by atoms with Gasteiger partial charge in [-0.3, -0.25) is 0 Å². The van der Waals surface area contributed by atoms with E-state index < -0.39 is 0 Å². The Morgan fingerprint density at radius 2 is 2.38 bits per heavy atom. The molecule has 1 aliphatic heterocycles. The lowest BCUT2D eigenvalue weighted by Gasteiger charge is -2.20. The Hall–Kier alpha value is -0.960. The molecule has 0 aliphatic carbocycles. The Morgan fingerprint density at radius 1 is 1.44 bits per heavy atom. The highest BCUT2D eigenvalue weighted by Gasteiger charge is 2.19. The molecule has 1 unspecified atom stereocenters. The van der Waals surface area contributed by atoms with E-state index in [0.717, 1.165) is 0 Å². The van der Waals surface area contributed by atoms with Gasteiger partial charge in [0, 0.05) is 17.9 Å². The molecule has 2 aromatic heterocycles. The van der Waals surface area contributed by atoms with Crippen molar-refractivity contribution in [1.29, 1.82) is 0 Å². The molecule has 3 rings (SSSR count). The molecule has 2 aromatic rings. The van der Waals surface area contributed by atoms with Crippen molar-refractivity contribution >= 4 is 17.3 Å². The molecule has 0 saturated carbocycles. The number of pyridine rings is 1. The highest BCUT2D eigenvalue weighted by atomic mass is 32.2. The van der Waals surface area contributed by atoms with Crippen LogP contribution < -0.4 is 0 Å². The molecular formula is C13H16N2S. The van der Waals surface area contributed by atoms with Crippen molar-refractivity contribution in [2.45, 2.75) is 25.7 Å². The van der Waals surface area contributed by atoms with Gasteiger partial charge in [0.05, 0.1) is 11.7 Å². The smallest absolute Gasteiger partial charge is 0.117 e. The molecule has 1 saturated heterocycles. The predicted octanol–water partition coefficient (Wildman–Crippen LogP) is 3.25. The summed E-state index contributed by atoms with van der Waals surface area (Å²) in [7, 11) is 0. The summed E-state index contributed by atoms with van der Waals surface area (Å²) in [5.41, 5.74) is 2.52. The zero-order valence-electron chi connectivity index (χ0n) is 9.52. The summed E-state index contributed by atoms with van der Waals surface area (Å²) in [6.07, 6.45) is 6.82. The summed E-state index contributed by atoms with van der Waals surface area (Å²) >= 11 is 2.06. The number of nitrogens with zero attached hydrogens (tertiary/aromatic N) is 2. The number of aromatic nitrogens is 2. The fourth-order valence-corrected chi connectivity index (χ4v) is 3.50. The summed E-state index contributed by atoms with van der Waals surface area (Å²) in [5.74, 6) is 4.44. The van der Waals surface area contributed by atoms with Gasteiger partial charge in [-0.25, -0.2) is 4.98 Å². The average Bonchev–Trinajstić information content (AvgIpc) is 2.73. The van der Waals surface area contributed by atoms with Crippen LogP contribution >= 0.6 is 11.8 Å². The Balaban J connectivity index is 2.05. The van der Waals surface area contributed by atoms with Crippen molar-refractivity contribution in [2.75, 3.05) is 11.5 Å². The Kier molecular flexibility index (Phi) is 2.64. The molecule has 0 bridgehead atoms. The van der Waals surface area contributed by atoms with Crippen LogP contribution in [-0.4, -0.2) is 20.9 Å². The van der Waals surface area contributed by atoms with Crippen molar-refractivity contribution in [3.63, 3.8) is 0 Å². The second-order valence-corrected chi connectivity index (χ2v) is 5.68. The highest BCUT2D eigenvalue weighted by Crippen LogP contribution is 2.30. The summed E-state index contributed by atoms with van der Waals surface area (Å²) in [6, 6.07) is 4.30. The number of aryl methyl sites for hydroxylation is 1.